The van der Waals surface area contributed by atoms with Gasteiger partial charge in [0.1, 0.15) is 6.54 Å². The Hall–Kier alpha value is -1.75. The maximum Gasteiger partial charge on any atom is 0.308 e. The fourth-order valence-electron chi connectivity index (χ4n) is 2.87. The van der Waals surface area contributed by atoms with Crippen molar-refractivity contribution in [3.63, 3.8) is 0 Å². The number of hydrogen-bond acceptors (Lipinski definition) is 6. The Morgan fingerprint density at radius 3 is 2.56 bits per heavy atom. The van der Waals surface area contributed by atoms with Gasteiger partial charge in [0, 0.05) is 18.6 Å². The molecule has 0 atom stereocenters. The van der Waals surface area contributed by atoms with Crippen LogP contribution in [0.5, 0.6) is 0 Å². The number of hydrogen-bond donors (Lipinski definition) is 1. The molecule has 3 rings (SSSR count). The maximum absolute atomic E-state index is 12.5. The highest BCUT2D eigenvalue weighted by Crippen LogP contribution is 2.23. The normalized spacial score (nSPS) is 16.0. The molecule has 10 heteroatoms. The standard InChI is InChI=1S/C17H23N3O5S2/c1-17(2,3)18-27(23,24)12-4-5-13-14(10-12)26-16(22)20(13)11-15(21)19-6-8-25-9-7-19/h4-5,10,18H,6-9,11H2,1-3H3. The zero-order chi connectivity index (χ0) is 19.8. The molecule has 0 aliphatic carbocycles. The quantitative estimate of drug-likeness (QED) is 0.806. The highest BCUT2D eigenvalue weighted by Gasteiger charge is 2.24. The van der Waals surface area contributed by atoms with Gasteiger partial charge in [0.15, 0.2) is 0 Å². The molecule has 0 unspecified atom stereocenters. The number of thiazole rings is 1. The van der Waals surface area contributed by atoms with Crippen LogP contribution in [0.3, 0.4) is 0 Å². The van der Waals surface area contributed by atoms with Crippen LogP contribution < -0.4 is 9.60 Å². The van der Waals surface area contributed by atoms with Gasteiger partial charge in [-0.2, -0.15) is 0 Å². The average Bonchev–Trinajstić information content (AvgIpc) is 2.88. The summed E-state index contributed by atoms with van der Waals surface area (Å²) in [4.78, 5) is 26.3. The molecule has 1 aromatic heterocycles. The van der Waals surface area contributed by atoms with E-state index in [2.05, 4.69) is 4.72 Å². The summed E-state index contributed by atoms with van der Waals surface area (Å²) in [6.07, 6.45) is 0. The summed E-state index contributed by atoms with van der Waals surface area (Å²) in [7, 11) is -3.70. The molecule has 0 spiro atoms. The third-order valence-corrected chi connectivity index (χ3v) is 6.75. The number of nitrogens with zero attached hydrogens (tertiary/aromatic N) is 2. The van der Waals surface area contributed by atoms with Crippen LogP contribution in [0.4, 0.5) is 0 Å². The van der Waals surface area contributed by atoms with Crippen molar-refractivity contribution in [2.24, 2.45) is 0 Å². The Morgan fingerprint density at radius 2 is 1.93 bits per heavy atom. The van der Waals surface area contributed by atoms with E-state index in [-0.39, 0.29) is 22.2 Å². The van der Waals surface area contributed by atoms with Crippen molar-refractivity contribution in [3.05, 3.63) is 27.9 Å². The highest BCUT2D eigenvalue weighted by molar-refractivity contribution is 7.89. The fraction of sp³-hybridized carbons (Fsp3) is 0.529. The number of sulfonamides is 1. The van der Waals surface area contributed by atoms with Gasteiger partial charge in [0.2, 0.25) is 15.9 Å². The SMILES string of the molecule is CC(C)(C)NS(=O)(=O)c1ccc2c(c1)sc(=O)n2CC(=O)N1CCOCC1. The van der Waals surface area contributed by atoms with Crippen molar-refractivity contribution in [2.45, 2.75) is 37.8 Å². The number of carbonyl (C=O) groups excluding carboxylic acids is 1. The van der Waals surface area contributed by atoms with Crippen molar-refractivity contribution in [1.29, 1.82) is 0 Å². The summed E-state index contributed by atoms with van der Waals surface area (Å²) >= 11 is 0.935. The lowest BCUT2D eigenvalue weighted by atomic mass is 10.1. The van der Waals surface area contributed by atoms with E-state index in [0.29, 0.717) is 36.5 Å². The lowest BCUT2D eigenvalue weighted by Crippen LogP contribution is -2.43. The number of carbonyl (C=O) groups is 1. The Balaban J connectivity index is 1.90. The minimum absolute atomic E-state index is 0.0643. The fourth-order valence-corrected chi connectivity index (χ4v) is 5.32. The maximum atomic E-state index is 12.5. The van der Waals surface area contributed by atoms with Crippen LogP contribution in [0, 0.1) is 0 Å². The summed E-state index contributed by atoms with van der Waals surface area (Å²) in [5, 5.41) is 0. The van der Waals surface area contributed by atoms with E-state index in [1.807, 2.05) is 0 Å². The Kier molecular flexibility index (Phi) is 5.44. The Bertz CT molecular complexity index is 1010. The van der Waals surface area contributed by atoms with Gasteiger partial charge in [-0.15, -0.1) is 0 Å². The van der Waals surface area contributed by atoms with Crippen LogP contribution >= 0.6 is 11.3 Å². The van der Waals surface area contributed by atoms with Gasteiger partial charge >= 0.3 is 4.87 Å². The number of amides is 1. The molecule has 1 amide bonds. The zero-order valence-electron chi connectivity index (χ0n) is 15.5. The molecular weight excluding hydrogens is 390 g/mol. The average molecular weight is 414 g/mol. The first-order valence-electron chi connectivity index (χ1n) is 8.60. The molecule has 0 bridgehead atoms. The first kappa shape index (κ1) is 20.0. The molecule has 148 valence electrons. The molecule has 1 aliphatic rings. The van der Waals surface area contributed by atoms with E-state index in [4.69, 9.17) is 4.74 Å². The predicted octanol–water partition coefficient (Wildman–Crippen LogP) is 0.999. The third-order valence-electron chi connectivity index (χ3n) is 4.05. The van der Waals surface area contributed by atoms with E-state index in [1.165, 1.54) is 16.7 Å². The summed E-state index contributed by atoms with van der Waals surface area (Å²) in [6.45, 7) is 7.22. The van der Waals surface area contributed by atoms with Crippen LogP contribution in [0.15, 0.2) is 27.9 Å². The van der Waals surface area contributed by atoms with Crippen molar-refractivity contribution >= 4 is 37.5 Å². The second-order valence-corrected chi connectivity index (χ2v) is 10.1. The number of nitrogens with one attached hydrogen (secondary N) is 1. The molecule has 8 nitrogen and oxygen atoms in total. The zero-order valence-corrected chi connectivity index (χ0v) is 17.2. The molecule has 2 heterocycles. The van der Waals surface area contributed by atoms with Crippen LogP contribution in [0.25, 0.3) is 10.2 Å². The second-order valence-electron chi connectivity index (χ2n) is 7.43. The number of benzene rings is 1. The lowest BCUT2D eigenvalue weighted by Gasteiger charge is -2.26. The van der Waals surface area contributed by atoms with Crippen molar-refractivity contribution in [3.8, 4) is 0 Å². The summed E-state index contributed by atoms with van der Waals surface area (Å²) in [5.41, 5.74) is -0.0569. The van der Waals surface area contributed by atoms with Crippen LogP contribution in [0.2, 0.25) is 0 Å². The molecule has 0 saturated carbocycles. The van der Waals surface area contributed by atoms with Gasteiger partial charge in [-0.05, 0) is 39.0 Å². The van der Waals surface area contributed by atoms with Crippen LogP contribution in [-0.2, 0) is 26.1 Å². The van der Waals surface area contributed by atoms with Gasteiger partial charge in [0.25, 0.3) is 0 Å². The van der Waals surface area contributed by atoms with Crippen LogP contribution in [-0.4, -0.2) is 55.6 Å². The summed E-state index contributed by atoms with van der Waals surface area (Å²) in [6, 6.07) is 4.51. The van der Waals surface area contributed by atoms with Gasteiger partial charge in [-0.25, -0.2) is 13.1 Å². The van der Waals surface area contributed by atoms with Gasteiger partial charge < -0.3 is 9.64 Å². The lowest BCUT2D eigenvalue weighted by molar-refractivity contribution is -0.135. The number of ether oxygens (including phenoxy) is 1. The van der Waals surface area contributed by atoms with E-state index in [0.717, 1.165) is 11.3 Å². The third kappa shape index (κ3) is 4.57. The molecule has 1 aliphatic heterocycles. The predicted molar refractivity (Wildman–Crippen MR) is 104 cm³/mol. The van der Waals surface area contributed by atoms with Crippen molar-refractivity contribution in [2.75, 3.05) is 26.3 Å². The largest absolute Gasteiger partial charge is 0.378 e. The topological polar surface area (TPSA) is 97.7 Å². The molecule has 1 aromatic carbocycles. The Labute approximate surface area is 161 Å². The summed E-state index contributed by atoms with van der Waals surface area (Å²) < 4.78 is 34.8. The Morgan fingerprint density at radius 1 is 1.26 bits per heavy atom. The van der Waals surface area contributed by atoms with E-state index in [1.54, 1.807) is 31.7 Å². The van der Waals surface area contributed by atoms with Crippen molar-refractivity contribution in [1.82, 2.24) is 14.2 Å². The van der Waals surface area contributed by atoms with Crippen molar-refractivity contribution < 1.29 is 17.9 Å². The molecule has 1 fully saturated rings. The minimum atomic E-state index is -3.70. The molecule has 2 aromatic rings. The highest BCUT2D eigenvalue weighted by atomic mass is 32.2. The minimum Gasteiger partial charge on any atom is -0.378 e. The van der Waals surface area contributed by atoms with E-state index in [9.17, 15) is 18.0 Å². The molecule has 0 radical (unpaired) electrons. The van der Waals surface area contributed by atoms with Gasteiger partial charge in [0.05, 0.1) is 28.3 Å². The monoisotopic (exact) mass is 413 g/mol. The first-order valence-corrected chi connectivity index (χ1v) is 10.9. The molecule has 1 N–H and O–H groups in total. The number of rotatable bonds is 4. The van der Waals surface area contributed by atoms with E-state index < -0.39 is 15.6 Å². The second kappa shape index (κ2) is 7.34. The molecular formula is C17H23N3O5S2. The van der Waals surface area contributed by atoms with Crippen LogP contribution in [0.1, 0.15) is 20.8 Å². The molecule has 27 heavy (non-hydrogen) atoms. The van der Waals surface area contributed by atoms with Gasteiger partial charge in [-0.1, -0.05) is 11.3 Å². The first-order chi connectivity index (χ1) is 12.6. The smallest absolute Gasteiger partial charge is 0.308 e. The summed E-state index contributed by atoms with van der Waals surface area (Å²) in [5.74, 6) is -0.147. The number of aromatic nitrogens is 1. The number of fused-ring (bicyclic) bond motifs is 1. The molecule has 1 saturated heterocycles. The van der Waals surface area contributed by atoms with E-state index >= 15 is 0 Å². The van der Waals surface area contributed by atoms with Gasteiger partial charge in [-0.3, -0.25) is 14.2 Å². The number of morpholine rings is 1.